The van der Waals surface area contributed by atoms with Crippen LogP contribution in [0.5, 0.6) is 0 Å². The van der Waals surface area contributed by atoms with Gasteiger partial charge in [0, 0.05) is 42.3 Å². The summed E-state index contributed by atoms with van der Waals surface area (Å²) in [6, 6.07) is 5.31. The van der Waals surface area contributed by atoms with Crippen LogP contribution in [0.2, 0.25) is 0 Å². The minimum atomic E-state index is -5.06. The molecule has 0 aliphatic heterocycles. The molecular formula is C22H17F6N7O2. The summed E-state index contributed by atoms with van der Waals surface area (Å²) in [6.07, 6.45) is -6.28. The number of fused-ring (bicyclic) bond motifs is 1. The molecule has 0 aliphatic rings. The van der Waals surface area contributed by atoms with Gasteiger partial charge < -0.3 is 11.1 Å². The van der Waals surface area contributed by atoms with Crippen molar-refractivity contribution in [1.82, 2.24) is 19.4 Å². The van der Waals surface area contributed by atoms with Crippen molar-refractivity contribution in [3.05, 3.63) is 75.7 Å². The molecule has 0 unspecified atom stereocenters. The molecule has 0 aliphatic carbocycles. The fourth-order valence-corrected chi connectivity index (χ4v) is 3.64. The third-order valence-electron chi connectivity index (χ3n) is 5.37. The molecule has 1 aromatic carbocycles. The molecule has 15 heteroatoms. The number of anilines is 2. The molecule has 0 atom stereocenters. The maximum Gasteiger partial charge on any atom is 0.417 e. The van der Waals surface area contributed by atoms with E-state index >= 15 is 0 Å². The molecule has 194 valence electrons. The summed E-state index contributed by atoms with van der Waals surface area (Å²) in [5.41, 5.74) is 2.35. The SMILES string of the molecule is Nc1nc(CCCNc2nc(-c3ccc(C(F)(F)F)cc3C(F)(F)F)cc3nccn23)ccc1[N+](=O)[O-]. The van der Waals surface area contributed by atoms with Gasteiger partial charge in [0.05, 0.1) is 21.7 Å². The van der Waals surface area contributed by atoms with Crippen molar-refractivity contribution in [1.29, 1.82) is 0 Å². The van der Waals surface area contributed by atoms with E-state index in [1.807, 2.05) is 0 Å². The number of aromatic nitrogens is 4. The van der Waals surface area contributed by atoms with Crippen LogP contribution in [0.25, 0.3) is 16.9 Å². The zero-order valence-corrected chi connectivity index (χ0v) is 18.6. The Morgan fingerprint density at radius 2 is 1.78 bits per heavy atom. The second-order valence-corrected chi connectivity index (χ2v) is 7.87. The minimum Gasteiger partial charge on any atom is -0.378 e. The van der Waals surface area contributed by atoms with Crippen LogP contribution in [-0.4, -0.2) is 30.8 Å². The highest BCUT2D eigenvalue weighted by Gasteiger charge is 2.38. The normalized spacial score (nSPS) is 12.2. The third kappa shape index (κ3) is 5.54. The first-order valence-corrected chi connectivity index (χ1v) is 10.6. The smallest absolute Gasteiger partial charge is 0.378 e. The van der Waals surface area contributed by atoms with Gasteiger partial charge in [0.15, 0.2) is 0 Å². The predicted molar refractivity (Wildman–Crippen MR) is 121 cm³/mol. The van der Waals surface area contributed by atoms with Gasteiger partial charge in [-0.1, -0.05) is 6.07 Å². The second kappa shape index (κ2) is 9.55. The number of pyridine rings is 1. The molecule has 0 amide bonds. The van der Waals surface area contributed by atoms with E-state index in [0.717, 1.165) is 6.07 Å². The number of nitrogen functional groups attached to an aromatic ring is 1. The summed E-state index contributed by atoms with van der Waals surface area (Å²) >= 11 is 0. The van der Waals surface area contributed by atoms with Gasteiger partial charge in [-0.25, -0.2) is 15.0 Å². The molecule has 3 aromatic heterocycles. The van der Waals surface area contributed by atoms with Crippen molar-refractivity contribution in [2.45, 2.75) is 25.2 Å². The van der Waals surface area contributed by atoms with Crippen molar-refractivity contribution in [3.63, 3.8) is 0 Å². The first-order valence-electron chi connectivity index (χ1n) is 10.6. The third-order valence-corrected chi connectivity index (χ3v) is 5.37. The van der Waals surface area contributed by atoms with Gasteiger partial charge in [0.25, 0.3) is 0 Å². The number of hydrogen-bond acceptors (Lipinski definition) is 7. The number of nitrogens with two attached hydrogens (primary N) is 1. The van der Waals surface area contributed by atoms with E-state index in [-0.39, 0.29) is 41.4 Å². The van der Waals surface area contributed by atoms with Gasteiger partial charge in [-0.05, 0) is 31.0 Å². The van der Waals surface area contributed by atoms with Gasteiger partial charge in [-0.15, -0.1) is 0 Å². The average molecular weight is 525 g/mol. The van der Waals surface area contributed by atoms with Crippen molar-refractivity contribution < 1.29 is 31.3 Å². The van der Waals surface area contributed by atoms with E-state index in [2.05, 4.69) is 20.3 Å². The molecule has 0 saturated carbocycles. The first-order chi connectivity index (χ1) is 17.3. The molecule has 37 heavy (non-hydrogen) atoms. The highest BCUT2D eigenvalue weighted by atomic mass is 19.4. The van der Waals surface area contributed by atoms with Crippen molar-refractivity contribution >= 4 is 23.1 Å². The van der Waals surface area contributed by atoms with E-state index in [9.17, 15) is 36.5 Å². The van der Waals surface area contributed by atoms with Gasteiger partial charge in [-0.2, -0.15) is 26.3 Å². The molecule has 4 rings (SSSR count). The lowest BCUT2D eigenvalue weighted by atomic mass is 10.0. The summed E-state index contributed by atoms with van der Waals surface area (Å²) in [6.45, 7) is 0.265. The number of halogens is 6. The Labute approximate surface area is 204 Å². The molecule has 4 aromatic rings. The van der Waals surface area contributed by atoms with Crippen LogP contribution in [-0.2, 0) is 18.8 Å². The number of benzene rings is 1. The maximum absolute atomic E-state index is 13.7. The zero-order valence-electron chi connectivity index (χ0n) is 18.6. The fourth-order valence-electron chi connectivity index (χ4n) is 3.64. The lowest BCUT2D eigenvalue weighted by Gasteiger charge is -2.17. The molecule has 0 spiro atoms. The fraction of sp³-hybridized carbons (Fsp3) is 0.227. The van der Waals surface area contributed by atoms with Gasteiger partial charge in [-0.3, -0.25) is 14.5 Å². The number of nitrogens with zero attached hydrogens (tertiary/aromatic N) is 5. The Hall–Kier alpha value is -4.43. The Balaban J connectivity index is 1.59. The summed E-state index contributed by atoms with van der Waals surface area (Å²) < 4.78 is 81.7. The van der Waals surface area contributed by atoms with E-state index in [1.54, 1.807) is 0 Å². The van der Waals surface area contributed by atoms with Crippen LogP contribution in [0.15, 0.2) is 48.8 Å². The molecule has 0 saturated heterocycles. The molecule has 9 nitrogen and oxygen atoms in total. The van der Waals surface area contributed by atoms with E-state index in [4.69, 9.17) is 5.73 Å². The first kappa shape index (κ1) is 25.7. The zero-order chi connectivity index (χ0) is 27.0. The Kier molecular flexibility index (Phi) is 6.62. The highest BCUT2D eigenvalue weighted by molar-refractivity contribution is 5.70. The minimum absolute atomic E-state index is 0.0583. The van der Waals surface area contributed by atoms with Crippen LogP contribution < -0.4 is 11.1 Å². The number of rotatable bonds is 7. The van der Waals surface area contributed by atoms with Gasteiger partial charge in [0.2, 0.25) is 11.8 Å². The van der Waals surface area contributed by atoms with Crippen LogP contribution >= 0.6 is 0 Å². The molecule has 3 N–H and O–H groups in total. The van der Waals surface area contributed by atoms with Crippen LogP contribution in [0, 0.1) is 10.1 Å². The molecule has 0 radical (unpaired) electrons. The van der Waals surface area contributed by atoms with Crippen molar-refractivity contribution in [3.8, 4) is 11.3 Å². The Morgan fingerprint density at radius 1 is 1.03 bits per heavy atom. The van der Waals surface area contributed by atoms with Gasteiger partial charge in [0.1, 0.15) is 5.65 Å². The molecule has 0 bridgehead atoms. The molecule has 3 heterocycles. The summed E-state index contributed by atoms with van der Waals surface area (Å²) in [5.74, 6) is -0.101. The maximum atomic E-state index is 13.7. The summed E-state index contributed by atoms with van der Waals surface area (Å²) in [7, 11) is 0. The average Bonchev–Trinajstić information content (AvgIpc) is 3.29. The standard InChI is InChI=1S/C22H17F6N7O2/c23-21(24,25)12-3-5-14(15(10-12)22(26,27)28)16-11-18-30-8-9-34(18)20(33-16)31-7-1-2-13-4-6-17(35(36)37)19(29)32-13/h3-6,8-11H,1-2,7H2,(H2,29,32)(H,31,33). The van der Waals surface area contributed by atoms with Crippen LogP contribution in [0.1, 0.15) is 23.2 Å². The number of nitro groups is 1. The van der Waals surface area contributed by atoms with E-state index in [1.165, 1.54) is 35.0 Å². The summed E-state index contributed by atoms with van der Waals surface area (Å²) in [4.78, 5) is 22.5. The Bertz CT molecular complexity index is 1470. The molecular weight excluding hydrogens is 508 g/mol. The topological polar surface area (TPSA) is 124 Å². The van der Waals surface area contributed by atoms with Gasteiger partial charge >= 0.3 is 18.0 Å². The summed E-state index contributed by atoms with van der Waals surface area (Å²) in [5, 5.41) is 13.8. The Morgan fingerprint density at radius 3 is 2.43 bits per heavy atom. The lowest BCUT2D eigenvalue weighted by molar-refractivity contribution is -0.384. The quantitative estimate of drug-likeness (QED) is 0.144. The number of nitrogens with one attached hydrogen (secondary N) is 1. The monoisotopic (exact) mass is 525 g/mol. The highest BCUT2D eigenvalue weighted by Crippen LogP contribution is 2.40. The van der Waals surface area contributed by atoms with Crippen LogP contribution in [0.3, 0.4) is 0 Å². The van der Waals surface area contributed by atoms with E-state index < -0.39 is 34.0 Å². The molecule has 0 fully saturated rings. The van der Waals surface area contributed by atoms with Crippen molar-refractivity contribution in [2.24, 2.45) is 0 Å². The van der Waals surface area contributed by atoms with E-state index in [0.29, 0.717) is 24.6 Å². The van der Waals surface area contributed by atoms with Crippen molar-refractivity contribution in [2.75, 3.05) is 17.6 Å². The number of alkyl halides is 6. The number of aryl methyl sites for hydroxylation is 1. The number of hydrogen-bond donors (Lipinski definition) is 2. The predicted octanol–water partition coefficient (Wildman–Crippen LogP) is 5.36. The lowest BCUT2D eigenvalue weighted by Crippen LogP contribution is -2.13. The largest absolute Gasteiger partial charge is 0.417 e. The van der Waals surface area contributed by atoms with Crippen LogP contribution in [0.4, 0.5) is 43.8 Å². The second-order valence-electron chi connectivity index (χ2n) is 7.87. The number of imidazole rings is 1.